The van der Waals surface area contributed by atoms with Gasteiger partial charge < -0.3 is 0 Å². The zero-order chi connectivity index (χ0) is 15.8. The lowest BCUT2D eigenvalue weighted by Crippen LogP contribution is -2.22. The molecule has 0 nitrogen and oxygen atoms in total. The fourth-order valence-corrected chi connectivity index (χ4v) is 1.59. The third-order valence-corrected chi connectivity index (χ3v) is 2.55. The molecule has 114 valence electrons. The van der Waals surface area contributed by atoms with Crippen molar-refractivity contribution in [2.24, 2.45) is 0 Å². The lowest BCUT2D eigenvalue weighted by atomic mass is 9.96. The zero-order valence-corrected chi connectivity index (χ0v) is 9.76. The van der Waals surface area contributed by atoms with Gasteiger partial charge >= 0.3 is 6.18 Å². The number of hydrogen-bond acceptors (Lipinski definition) is 0. The van der Waals surface area contributed by atoms with Gasteiger partial charge in [-0.3, -0.25) is 0 Å². The Hall–Kier alpha value is -1.41. The van der Waals surface area contributed by atoms with Gasteiger partial charge in [0.05, 0.1) is 0 Å². The highest BCUT2D eigenvalue weighted by atomic mass is 19.4. The summed E-state index contributed by atoms with van der Waals surface area (Å²) in [5, 5.41) is 0. The second-order valence-corrected chi connectivity index (χ2v) is 3.86. The molecule has 0 saturated heterocycles. The second-order valence-electron chi connectivity index (χ2n) is 3.86. The second kappa shape index (κ2) is 5.53. The van der Waals surface area contributed by atoms with Gasteiger partial charge in [0, 0.05) is 11.1 Å². The molecule has 0 heterocycles. The van der Waals surface area contributed by atoms with Gasteiger partial charge in [0.25, 0.3) is 0 Å². The van der Waals surface area contributed by atoms with Crippen LogP contribution in [-0.4, -0.2) is 6.18 Å². The fourth-order valence-electron chi connectivity index (χ4n) is 1.59. The first-order valence-electron chi connectivity index (χ1n) is 5.24. The SMILES string of the molecule is CCC(F)c1c(F)c(F)c(F)c(F)c1C(F)C(F)(F)F. The van der Waals surface area contributed by atoms with Crippen LogP contribution in [0, 0.1) is 23.3 Å². The molecule has 20 heavy (non-hydrogen) atoms. The Morgan fingerprint density at radius 3 is 1.55 bits per heavy atom. The summed E-state index contributed by atoms with van der Waals surface area (Å²) in [5.41, 5.74) is -4.00. The summed E-state index contributed by atoms with van der Waals surface area (Å²) in [6.07, 6.45) is -13.2. The number of benzene rings is 1. The Morgan fingerprint density at radius 1 is 0.800 bits per heavy atom. The summed E-state index contributed by atoms with van der Waals surface area (Å²) < 4.78 is 116. The van der Waals surface area contributed by atoms with E-state index < -0.39 is 59.3 Å². The minimum atomic E-state index is -5.72. The highest BCUT2D eigenvalue weighted by Gasteiger charge is 2.47. The molecule has 1 aromatic carbocycles. The van der Waals surface area contributed by atoms with Crippen LogP contribution in [0.25, 0.3) is 0 Å². The van der Waals surface area contributed by atoms with E-state index >= 15 is 0 Å². The highest BCUT2D eigenvalue weighted by molar-refractivity contribution is 5.36. The molecular formula is C11H7F9. The smallest absolute Gasteiger partial charge is 0.242 e. The molecule has 0 saturated carbocycles. The number of halogens is 9. The molecular weight excluding hydrogens is 303 g/mol. The molecule has 0 radical (unpaired) electrons. The first-order valence-corrected chi connectivity index (χ1v) is 5.24. The molecule has 9 heteroatoms. The lowest BCUT2D eigenvalue weighted by molar-refractivity contribution is -0.184. The molecule has 0 bridgehead atoms. The molecule has 0 aliphatic carbocycles. The molecule has 0 aliphatic heterocycles. The van der Waals surface area contributed by atoms with Crippen LogP contribution in [0.2, 0.25) is 0 Å². The van der Waals surface area contributed by atoms with E-state index in [1.807, 2.05) is 0 Å². The average molecular weight is 310 g/mol. The standard InChI is InChI=1S/C11H7F9/c1-2-3(12)4-5(10(17)11(18,19)20)7(14)9(16)8(15)6(4)13/h3,10H,2H2,1H3. The largest absolute Gasteiger partial charge is 0.424 e. The molecule has 1 rings (SSSR count). The van der Waals surface area contributed by atoms with Crippen LogP contribution in [0.5, 0.6) is 0 Å². The van der Waals surface area contributed by atoms with Gasteiger partial charge in [-0.25, -0.2) is 26.3 Å². The van der Waals surface area contributed by atoms with Crippen LogP contribution in [0.1, 0.15) is 36.8 Å². The number of hydrogen-bond donors (Lipinski definition) is 0. The van der Waals surface area contributed by atoms with E-state index in [4.69, 9.17) is 0 Å². The molecule has 0 fully saturated rings. The summed E-state index contributed by atoms with van der Waals surface area (Å²) in [6, 6.07) is 0. The Bertz CT molecular complexity index is 506. The lowest BCUT2D eigenvalue weighted by Gasteiger charge is -2.20. The molecule has 0 aromatic heterocycles. The van der Waals surface area contributed by atoms with E-state index in [2.05, 4.69) is 0 Å². The predicted molar refractivity (Wildman–Crippen MR) is 50.3 cm³/mol. The van der Waals surface area contributed by atoms with Crippen molar-refractivity contribution < 1.29 is 39.5 Å². The Kier molecular flexibility index (Phi) is 4.60. The summed E-state index contributed by atoms with van der Waals surface area (Å²) in [4.78, 5) is 0. The van der Waals surface area contributed by atoms with Crippen LogP contribution in [0.3, 0.4) is 0 Å². The third-order valence-electron chi connectivity index (χ3n) is 2.55. The van der Waals surface area contributed by atoms with Crippen molar-refractivity contribution in [3.63, 3.8) is 0 Å². The first-order chi connectivity index (χ1) is 9.03. The van der Waals surface area contributed by atoms with Gasteiger partial charge in [0.15, 0.2) is 23.3 Å². The average Bonchev–Trinajstić information content (AvgIpc) is 2.37. The highest BCUT2D eigenvalue weighted by Crippen LogP contribution is 2.43. The molecule has 0 N–H and O–H groups in total. The molecule has 1 aromatic rings. The number of rotatable bonds is 3. The van der Waals surface area contributed by atoms with Gasteiger partial charge in [0.2, 0.25) is 6.17 Å². The van der Waals surface area contributed by atoms with Gasteiger partial charge in [-0.05, 0) is 6.42 Å². The van der Waals surface area contributed by atoms with E-state index in [1.165, 1.54) is 0 Å². The van der Waals surface area contributed by atoms with Crippen LogP contribution in [0.4, 0.5) is 39.5 Å². The topological polar surface area (TPSA) is 0 Å². The summed E-state index contributed by atoms with van der Waals surface area (Å²) in [7, 11) is 0. The van der Waals surface area contributed by atoms with Crippen LogP contribution in [-0.2, 0) is 0 Å². The van der Waals surface area contributed by atoms with Crippen molar-refractivity contribution in [1.29, 1.82) is 0 Å². The van der Waals surface area contributed by atoms with Crippen molar-refractivity contribution in [3.05, 3.63) is 34.4 Å². The summed E-state index contributed by atoms with van der Waals surface area (Å²) >= 11 is 0. The minimum absolute atomic E-state index is 0.682. The zero-order valence-electron chi connectivity index (χ0n) is 9.76. The van der Waals surface area contributed by atoms with Crippen molar-refractivity contribution >= 4 is 0 Å². The molecule has 2 atom stereocenters. The van der Waals surface area contributed by atoms with Crippen LogP contribution >= 0.6 is 0 Å². The van der Waals surface area contributed by atoms with Gasteiger partial charge in [-0.1, -0.05) is 6.92 Å². The maximum atomic E-state index is 13.4. The molecule has 0 aliphatic rings. The Morgan fingerprint density at radius 2 is 1.20 bits per heavy atom. The van der Waals surface area contributed by atoms with Gasteiger partial charge in [-0.2, -0.15) is 13.2 Å². The molecule has 2 unspecified atom stereocenters. The maximum Gasteiger partial charge on any atom is 0.424 e. The van der Waals surface area contributed by atoms with E-state index in [9.17, 15) is 39.5 Å². The quantitative estimate of drug-likeness (QED) is 0.407. The predicted octanol–water partition coefficient (Wildman–Crippen LogP) is 5.24. The molecule has 0 amide bonds. The maximum absolute atomic E-state index is 13.4. The van der Waals surface area contributed by atoms with E-state index in [0.29, 0.717) is 0 Å². The van der Waals surface area contributed by atoms with Crippen LogP contribution in [0.15, 0.2) is 0 Å². The Labute approximate surface area is 107 Å². The first kappa shape index (κ1) is 16.6. The fraction of sp³-hybridized carbons (Fsp3) is 0.455. The van der Waals surface area contributed by atoms with Crippen molar-refractivity contribution in [3.8, 4) is 0 Å². The third kappa shape index (κ3) is 2.71. The van der Waals surface area contributed by atoms with E-state index in [-0.39, 0.29) is 0 Å². The summed E-state index contributed by atoms with van der Waals surface area (Å²) in [5.74, 6) is -10.1. The van der Waals surface area contributed by atoms with E-state index in [1.54, 1.807) is 0 Å². The molecule has 0 spiro atoms. The van der Waals surface area contributed by atoms with Crippen molar-refractivity contribution in [2.45, 2.75) is 31.9 Å². The van der Waals surface area contributed by atoms with E-state index in [0.717, 1.165) is 6.92 Å². The monoisotopic (exact) mass is 310 g/mol. The van der Waals surface area contributed by atoms with Gasteiger partial charge in [0.1, 0.15) is 6.17 Å². The van der Waals surface area contributed by atoms with Crippen LogP contribution < -0.4 is 0 Å². The minimum Gasteiger partial charge on any atom is -0.242 e. The number of alkyl halides is 5. The Balaban J connectivity index is 3.72. The van der Waals surface area contributed by atoms with Crippen molar-refractivity contribution in [2.75, 3.05) is 0 Å². The summed E-state index contributed by atoms with van der Waals surface area (Å²) in [6.45, 7) is 1.02. The normalized spacial score (nSPS) is 15.3. The van der Waals surface area contributed by atoms with Crippen molar-refractivity contribution in [1.82, 2.24) is 0 Å². The van der Waals surface area contributed by atoms with Gasteiger partial charge in [-0.15, -0.1) is 0 Å².